The van der Waals surface area contributed by atoms with Crippen molar-refractivity contribution in [2.45, 2.75) is 33.7 Å². The summed E-state index contributed by atoms with van der Waals surface area (Å²) in [5, 5.41) is 2.82. The molecule has 0 rings (SSSR count). The Labute approximate surface area is 93.2 Å². The smallest absolute Gasteiger partial charge is 0.237 e. The Morgan fingerprint density at radius 1 is 1.53 bits per heavy atom. The molecule has 0 fully saturated rings. The van der Waals surface area contributed by atoms with E-state index in [2.05, 4.69) is 19.2 Å². The van der Waals surface area contributed by atoms with E-state index >= 15 is 0 Å². The molecule has 0 heterocycles. The van der Waals surface area contributed by atoms with Crippen molar-refractivity contribution in [3.05, 3.63) is 0 Å². The summed E-state index contributed by atoms with van der Waals surface area (Å²) >= 11 is 0. The second-order valence-electron chi connectivity index (χ2n) is 4.85. The minimum atomic E-state index is -0.101. The summed E-state index contributed by atoms with van der Waals surface area (Å²) in [5.74, 6) is 0.0767. The summed E-state index contributed by atoms with van der Waals surface area (Å²) in [6, 6.07) is -0.101. The highest BCUT2D eigenvalue weighted by atomic mass is 16.2. The van der Waals surface area contributed by atoms with Crippen LogP contribution in [-0.4, -0.2) is 43.5 Å². The number of carbonyl (C=O) groups is 1. The molecule has 0 aliphatic heterocycles. The van der Waals surface area contributed by atoms with Crippen LogP contribution in [0.3, 0.4) is 0 Å². The average Bonchev–Trinajstić information content (AvgIpc) is 2.16. The number of amides is 1. The lowest BCUT2D eigenvalue weighted by Gasteiger charge is -2.32. The zero-order valence-corrected chi connectivity index (χ0v) is 10.6. The van der Waals surface area contributed by atoms with Crippen LogP contribution in [0.4, 0.5) is 0 Å². The first-order chi connectivity index (χ1) is 6.84. The molecular formula is C11H25N3O. The van der Waals surface area contributed by atoms with Gasteiger partial charge in [0.15, 0.2) is 0 Å². The molecule has 1 amide bonds. The summed E-state index contributed by atoms with van der Waals surface area (Å²) in [5.41, 5.74) is 5.71. The molecule has 4 nitrogen and oxygen atoms in total. The zero-order valence-electron chi connectivity index (χ0n) is 10.6. The maximum atomic E-state index is 11.6. The lowest BCUT2D eigenvalue weighted by Crippen LogP contribution is -2.47. The fourth-order valence-corrected chi connectivity index (χ4v) is 1.40. The van der Waals surface area contributed by atoms with Gasteiger partial charge in [-0.25, -0.2) is 0 Å². The number of likely N-dealkylation sites (N-methyl/N-ethyl adjacent to an activating group) is 2. The summed E-state index contributed by atoms with van der Waals surface area (Å²) in [6.07, 6.45) is 0. The number of hydrogen-bond acceptors (Lipinski definition) is 3. The Balaban J connectivity index is 4.20. The highest BCUT2D eigenvalue weighted by molar-refractivity contribution is 5.81. The number of hydrogen-bond donors (Lipinski definition) is 2. The minimum absolute atomic E-state index is 0.0511. The lowest BCUT2D eigenvalue weighted by molar-refractivity contribution is -0.125. The van der Waals surface area contributed by atoms with Crippen LogP contribution in [0.15, 0.2) is 0 Å². The second kappa shape index (κ2) is 6.08. The molecule has 0 aromatic heterocycles. The monoisotopic (exact) mass is 215 g/mol. The molecule has 90 valence electrons. The molecule has 0 saturated carbocycles. The van der Waals surface area contributed by atoms with Crippen molar-refractivity contribution in [3.8, 4) is 0 Å². The number of carbonyl (C=O) groups excluding carboxylic acids is 1. The van der Waals surface area contributed by atoms with Crippen LogP contribution < -0.4 is 11.1 Å². The van der Waals surface area contributed by atoms with Crippen LogP contribution in [0, 0.1) is 5.41 Å². The van der Waals surface area contributed by atoms with Gasteiger partial charge in [0.1, 0.15) is 0 Å². The quantitative estimate of drug-likeness (QED) is 0.675. The van der Waals surface area contributed by atoms with Crippen molar-refractivity contribution in [2.75, 3.05) is 26.7 Å². The van der Waals surface area contributed by atoms with E-state index in [1.54, 1.807) is 0 Å². The van der Waals surface area contributed by atoms with Gasteiger partial charge in [0.05, 0.1) is 6.04 Å². The van der Waals surface area contributed by atoms with Crippen LogP contribution in [0.1, 0.15) is 27.7 Å². The maximum Gasteiger partial charge on any atom is 0.237 e. The van der Waals surface area contributed by atoms with Gasteiger partial charge in [-0.15, -0.1) is 0 Å². The molecule has 0 aliphatic carbocycles. The Morgan fingerprint density at radius 3 is 2.47 bits per heavy atom. The van der Waals surface area contributed by atoms with Gasteiger partial charge in [0.2, 0.25) is 5.91 Å². The molecule has 0 radical (unpaired) electrons. The van der Waals surface area contributed by atoms with Crippen molar-refractivity contribution >= 4 is 5.91 Å². The molecule has 3 N–H and O–H groups in total. The molecule has 0 saturated heterocycles. The molecule has 1 atom stereocenters. The molecule has 0 spiro atoms. The molecule has 0 bridgehead atoms. The van der Waals surface area contributed by atoms with E-state index in [0.717, 1.165) is 6.54 Å². The predicted octanol–water partition coefficient (Wildman–Crippen LogP) is 0.428. The van der Waals surface area contributed by atoms with E-state index in [1.807, 2.05) is 25.8 Å². The maximum absolute atomic E-state index is 11.6. The van der Waals surface area contributed by atoms with E-state index < -0.39 is 0 Å². The molecule has 15 heavy (non-hydrogen) atoms. The Morgan fingerprint density at radius 2 is 2.07 bits per heavy atom. The number of nitrogens with zero attached hydrogens (tertiary/aromatic N) is 1. The summed E-state index contributed by atoms with van der Waals surface area (Å²) in [6.45, 7) is 10.2. The molecule has 4 heteroatoms. The predicted molar refractivity (Wildman–Crippen MR) is 63.6 cm³/mol. The summed E-state index contributed by atoms with van der Waals surface area (Å²) in [4.78, 5) is 13.6. The van der Waals surface area contributed by atoms with Gasteiger partial charge < -0.3 is 11.1 Å². The van der Waals surface area contributed by atoms with Crippen molar-refractivity contribution < 1.29 is 4.79 Å². The van der Waals surface area contributed by atoms with Crippen molar-refractivity contribution in [1.82, 2.24) is 10.2 Å². The zero-order chi connectivity index (χ0) is 12.1. The van der Waals surface area contributed by atoms with E-state index in [0.29, 0.717) is 13.1 Å². The van der Waals surface area contributed by atoms with E-state index in [4.69, 9.17) is 5.73 Å². The first kappa shape index (κ1) is 14.4. The third-order valence-corrected chi connectivity index (χ3v) is 2.62. The van der Waals surface area contributed by atoms with Gasteiger partial charge in [-0.2, -0.15) is 0 Å². The standard InChI is InChI=1S/C11H25N3O/c1-6-13-10(15)9(2)14(5)8-11(3,4)7-12/h9H,6-8,12H2,1-5H3,(H,13,15). The topological polar surface area (TPSA) is 58.4 Å². The molecule has 1 unspecified atom stereocenters. The number of nitrogens with one attached hydrogen (secondary N) is 1. The first-order valence-corrected chi connectivity index (χ1v) is 5.52. The van der Waals surface area contributed by atoms with Crippen molar-refractivity contribution in [3.63, 3.8) is 0 Å². The van der Waals surface area contributed by atoms with Crippen LogP contribution in [0.5, 0.6) is 0 Å². The van der Waals surface area contributed by atoms with Gasteiger partial charge in [0.25, 0.3) is 0 Å². The molecule has 0 aromatic carbocycles. The Bertz CT molecular complexity index is 204. The minimum Gasteiger partial charge on any atom is -0.355 e. The van der Waals surface area contributed by atoms with E-state index in [9.17, 15) is 4.79 Å². The Hall–Kier alpha value is -0.610. The van der Waals surface area contributed by atoms with E-state index in [-0.39, 0.29) is 17.4 Å². The Kier molecular flexibility index (Phi) is 5.83. The van der Waals surface area contributed by atoms with Gasteiger partial charge >= 0.3 is 0 Å². The molecule has 0 aliphatic rings. The van der Waals surface area contributed by atoms with Gasteiger partial charge in [-0.1, -0.05) is 13.8 Å². The third-order valence-electron chi connectivity index (χ3n) is 2.62. The highest BCUT2D eigenvalue weighted by Crippen LogP contribution is 2.15. The largest absolute Gasteiger partial charge is 0.355 e. The van der Waals surface area contributed by atoms with Crippen LogP contribution in [0.25, 0.3) is 0 Å². The van der Waals surface area contributed by atoms with E-state index in [1.165, 1.54) is 0 Å². The molecular weight excluding hydrogens is 190 g/mol. The lowest BCUT2D eigenvalue weighted by atomic mass is 9.93. The number of rotatable bonds is 6. The van der Waals surface area contributed by atoms with Crippen molar-refractivity contribution in [2.24, 2.45) is 11.1 Å². The fraction of sp³-hybridized carbons (Fsp3) is 0.909. The second-order valence-corrected chi connectivity index (χ2v) is 4.85. The molecule has 0 aromatic rings. The van der Waals surface area contributed by atoms with Crippen LogP contribution >= 0.6 is 0 Å². The van der Waals surface area contributed by atoms with Crippen molar-refractivity contribution in [1.29, 1.82) is 0 Å². The number of nitrogens with two attached hydrogens (primary N) is 1. The summed E-state index contributed by atoms with van der Waals surface area (Å²) in [7, 11) is 1.96. The SMILES string of the molecule is CCNC(=O)C(C)N(C)CC(C)(C)CN. The average molecular weight is 215 g/mol. The van der Waals surface area contributed by atoms with Gasteiger partial charge in [-0.05, 0) is 32.9 Å². The summed E-state index contributed by atoms with van der Waals surface area (Å²) < 4.78 is 0. The highest BCUT2D eigenvalue weighted by Gasteiger charge is 2.24. The van der Waals surface area contributed by atoms with Crippen LogP contribution in [0.2, 0.25) is 0 Å². The van der Waals surface area contributed by atoms with Gasteiger partial charge in [0, 0.05) is 13.1 Å². The fourth-order valence-electron chi connectivity index (χ4n) is 1.40. The normalized spacial score (nSPS) is 14.1. The third kappa shape index (κ3) is 5.14. The van der Waals surface area contributed by atoms with Crippen LogP contribution in [-0.2, 0) is 4.79 Å². The first-order valence-electron chi connectivity index (χ1n) is 5.52. The van der Waals surface area contributed by atoms with Gasteiger partial charge in [-0.3, -0.25) is 9.69 Å².